The molecular formula is C10H17NO2. The molecule has 1 fully saturated rings. The second-order valence-electron chi connectivity index (χ2n) is 3.65. The predicted octanol–water partition coefficient (Wildman–Crippen LogP) is 1.22. The van der Waals surface area contributed by atoms with E-state index in [1.807, 2.05) is 4.90 Å². The van der Waals surface area contributed by atoms with Crippen molar-refractivity contribution >= 4 is 12.2 Å². The number of carbonyl (C=O) groups excluding carboxylic acids is 2. The molecule has 1 rings (SSSR count). The van der Waals surface area contributed by atoms with Crippen LogP contribution in [0.25, 0.3) is 0 Å². The van der Waals surface area contributed by atoms with E-state index in [0.717, 1.165) is 25.7 Å². The van der Waals surface area contributed by atoms with Crippen molar-refractivity contribution < 1.29 is 9.59 Å². The zero-order valence-corrected chi connectivity index (χ0v) is 8.16. The van der Waals surface area contributed by atoms with Crippen molar-refractivity contribution in [3.63, 3.8) is 0 Å². The molecule has 1 aliphatic heterocycles. The summed E-state index contributed by atoms with van der Waals surface area (Å²) in [6.45, 7) is 3.61. The summed E-state index contributed by atoms with van der Waals surface area (Å²) in [5.74, 6) is 0.754. The molecule has 3 nitrogen and oxygen atoms in total. The van der Waals surface area contributed by atoms with Gasteiger partial charge in [-0.05, 0) is 12.3 Å². The first-order chi connectivity index (χ1) is 6.27. The maximum absolute atomic E-state index is 11.4. The van der Waals surface area contributed by atoms with Crippen molar-refractivity contribution in [2.45, 2.75) is 32.6 Å². The lowest BCUT2D eigenvalue weighted by Gasteiger charge is -2.14. The van der Waals surface area contributed by atoms with Gasteiger partial charge in [-0.1, -0.05) is 13.3 Å². The third-order valence-electron chi connectivity index (χ3n) is 2.51. The molecular weight excluding hydrogens is 166 g/mol. The van der Waals surface area contributed by atoms with Gasteiger partial charge in [0.05, 0.1) is 0 Å². The van der Waals surface area contributed by atoms with Crippen LogP contribution in [-0.4, -0.2) is 30.2 Å². The number of amides is 1. The normalized spacial score (nSPS) is 22.4. The lowest BCUT2D eigenvalue weighted by molar-refractivity contribution is -0.127. The molecule has 0 aromatic rings. The Kier molecular flexibility index (Phi) is 3.93. The van der Waals surface area contributed by atoms with E-state index in [1.54, 1.807) is 0 Å². The van der Waals surface area contributed by atoms with Gasteiger partial charge in [-0.3, -0.25) is 4.79 Å². The summed E-state index contributed by atoms with van der Waals surface area (Å²) in [4.78, 5) is 23.3. The lowest BCUT2D eigenvalue weighted by Crippen LogP contribution is -2.26. The average molecular weight is 183 g/mol. The molecule has 1 amide bonds. The SMILES string of the molecule is CCCC1CC(=O)N(CCC=O)C1. The van der Waals surface area contributed by atoms with Crippen molar-refractivity contribution in [1.82, 2.24) is 4.90 Å². The van der Waals surface area contributed by atoms with Gasteiger partial charge in [-0.15, -0.1) is 0 Å². The topological polar surface area (TPSA) is 37.4 Å². The van der Waals surface area contributed by atoms with E-state index in [4.69, 9.17) is 0 Å². The average Bonchev–Trinajstić information content (AvgIpc) is 2.44. The highest BCUT2D eigenvalue weighted by molar-refractivity contribution is 5.78. The van der Waals surface area contributed by atoms with Crippen molar-refractivity contribution in [3.8, 4) is 0 Å². The summed E-state index contributed by atoms with van der Waals surface area (Å²) >= 11 is 0. The maximum atomic E-state index is 11.4. The molecule has 1 heterocycles. The van der Waals surface area contributed by atoms with E-state index in [1.165, 1.54) is 0 Å². The quantitative estimate of drug-likeness (QED) is 0.601. The maximum Gasteiger partial charge on any atom is 0.222 e. The first-order valence-corrected chi connectivity index (χ1v) is 4.99. The first kappa shape index (κ1) is 10.2. The highest BCUT2D eigenvalue weighted by Crippen LogP contribution is 2.21. The molecule has 1 unspecified atom stereocenters. The number of nitrogens with zero attached hydrogens (tertiary/aromatic N) is 1. The molecule has 0 N–H and O–H groups in total. The molecule has 0 aromatic carbocycles. The first-order valence-electron chi connectivity index (χ1n) is 4.99. The van der Waals surface area contributed by atoms with Gasteiger partial charge in [-0.2, -0.15) is 0 Å². The van der Waals surface area contributed by atoms with Gasteiger partial charge in [0.15, 0.2) is 0 Å². The van der Waals surface area contributed by atoms with Crippen LogP contribution in [0, 0.1) is 5.92 Å². The van der Waals surface area contributed by atoms with Gasteiger partial charge in [0.25, 0.3) is 0 Å². The van der Waals surface area contributed by atoms with Gasteiger partial charge >= 0.3 is 0 Å². The van der Waals surface area contributed by atoms with Crippen LogP contribution in [0.1, 0.15) is 32.6 Å². The Morgan fingerprint density at radius 2 is 2.38 bits per heavy atom. The highest BCUT2D eigenvalue weighted by atomic mass is 16.2. The van der Waals surface area contributed by atoms with Crippen LogP contribution in [0.5, 0.6) is 0 Å². The van der Waals surface area contributed by atoms with Crippen molar-refractivity contribution in [2.24, 2.45) is 5.92 Å². The summed E-state index contributed by atoms with van der Waals surface area (Å²) in [6, 6.07) is 0. The second-order valence-corrected chi connectivity index (χ2v) is 3.65. The van der Waals surface area contributed by atoms with E-state index in [-0.39, 0.29) is 5.91 Å². The van der Waals surface area contributed by atoms with Crippen LogP contribution in [0.4, 0.5) is 0 Å². The minimum atomic E-state index is 0.223. The van der Waals surface area contributed by atoms with Gasteiger partial charge in [0.2, 0.25) is 5.91 Å². The van der Waals surface area contributed by atoms with Crippen molar-refractivity contribution in [3.05, 3.63) is 0 Å². The fraction of sp³-hybridized carbons (Fsp3) is 0.800. The summed E-state index contributed by atoms with van der Waals surface area (Å²) < 4.78 is 0. The summed E-state index contributed by atoms with van der Waals surface area (Å²) in [5.41, 5.74) is 0. The number of hydrogen-bond donors (Lipinski definition) is 0. The monoisotopic (exact) mass is 183 g/mol. The molecule has 0 bridgehead atoms. The van der Waals surface area contributed by atoms with Gasteiger partial charge < -0.3 is 9.69 Å². The molecule has 0 radical (unpaired) electrons. The molecule has 0 aliphatic carbocycles. The van der Waals surface area contributed by atoms with Gasteiger partial charge in [-0.25, -0.2) is 0 Å². The van der Waals surface area contributed by atoms with Crippen LogP contribution in [0.15, 0.2) is 0 Å². The largest absolute Gasteiger partial charge is 0.342 e. The lowest BCUT2D eigenvalue weighted by atomic mass is 10.0. The second kappa shape index (κ2) is 5.00. The molecule has 74 valence electrons. The van der Waals surface area contributed by atoms with E-state index in [0.29, 0.717) is 25.3 Å². The Labute approximate surface area is 79.1 Å². The number of rotatable bonds is 5. The van der Waals surface area contributed by atoms with E-state index in [9.17, 15) is 9.59 Å². The van der Waals surface area contributed by atoms with Gasteiger partial charge in [0.1, 0.15) is 6.29 Å². The molecule has 0 spiro atoms. The molecule has 13 heavy (non-hydrogen) atoms. The highest BCUT2D eigenvalue weighted by Gasteiger charge is 2.27. The number of aldehydes is 1. The number of hydrogen-bond acceptors (Lipinski definition) is 2. The number of carbonyl (C=O) groups is 2. The third kappa shape index (κ3) is 2.83. The Balaban J connectivity index is 2.32. The standard InChI is InChI=1S/C10H17NO2/c1-2-4-9-7-10(13)11(8-9)5-3-6-12/h6,9H,2-5,7-8H2,1H3. The van der Waals surface area contributed by atoms with Crippen LogP contribution < -0.4 is 0 Å². The van der Waals surface area contributed by atoms with Crippen LogP contribution in [0.3, 0.4) is 0 Å². The van der Waals surface area contributed by atoms with Crippen molar-refractivity contribution in [1.29, 1.82) is 0 Å². The summed E-state index contributed by atoms with van der Waals surface area (Å²) in [6.07, 6.45) is 4.31. The van der Waals surface area contributed by atoms with Crippen LogP contribution in [0.2, 0.25) is 0 Å². The zero-order valence-electron chi connectivity index (χ0n) is 8.16. The Morgan fingerprint density at radius 3 is 3.00 bits per heavy atom. The summed E-state index contributed by atoms with van der Waals surface area (Å²) in [7, 11) is 0. The number of likely N-dealkylation sites (tertiary alicyclic amines) is 1. The van der Waals surface area contributed by atoms with E-state index in [2.05, 4.69) is 6.92 Å². The molecule has 0 saturated carbocycles. The minimum Gasteiger partial charge on any atom is -0.342 e. The molecule has 0 aromatic heterocycles. The fourth-order valence-corrected chi connectivity index (χ4v) is 1.88. The Morgan fingerprint density at radius 1 is 1.62 bits per heavy atom. The van der Waals surface area contributed by atoms with E-state index < -0.39 is 0 Å². The Hall–Kier alpha value is -0.860. The minimum absolute atomic E-state index is 0.223. The summed E-state index contributed by atoms with van der Waals surface area (Å²) in [5, 5.41) is 0. The molecule has 1 atom stereocenters. The molecule has 1 aliphatic rings. The fourth-order valence-electron chi connectivity index (χ4n) is 1.88. The third-order valence-corrected chi connectivity index (χ3v) is 2.51. The zero-order chi connectivity index (χ0) is 9.68. The Bertz CT molecular complexity index is 191. The van der Waals surface area contributed by atoms with Crippen molar-refractivity contribution in [2.75, 3.05) is 13.1 Å². The molecule has 1 saturated heterocycles. The molecule has 3 heteroatoms. The smallest absolute Gasteiger partial charge is 0.222 e. The van der Waals surface area contributed by atoms with Crippen LogP contribution >= 0.6 is 0 Å². The van der Waals surface area contributed by atoms with E-state index >= 15 is 0 Å². The predicted molar refractivity (Wildman–Crippen MR) is 50.3 cm³/mol. The van der Waals surface area contributed by atoms with Gasteiger partial charge in [0, 0.05) is 25.9 Å². The van der Waals surface area contributed by atoms with Crippen LogP contribution in [-0.2, 0) is 9.59 Å².